The van der Waals surface area contributed by atoms with Crippen LogP contribution in [0.3, 0.4) is 0 Å². The van der Waals surface area contributed by atoms with Gasteiger partial charge in [-0.2, -0.15) is 0 Å². The second-order valence-corrected chi connectivity index (χ2v) is 5.41. The van der Waals surface area contributed by atoms with Crippen molar-refractivity contribution >= 4 is 5.91 Å². The molecule has 1 unspecified atom stereocenters. The number of piperidine rings is 1. The van der Waals surface area contributed by atoms with E-state index in [2.05, 4.69) is 19.1 Å². The van der Waals surface area contributed by atoms with Crippen LogP contribution in [0.5, 0.6) is 0 Å². The Bertz CT molecular complexity index is 396. The van der Waals surface area contributed by atoms with Crippen LogP contribution in [0, 0.1) is 0 Å². The number of nitrogens with two attached hydrogens (primary N) is 1. The van der Waals surface area contributed by atoms with E-state index in [0.717, 1.165) is 44.3 Å². The predicted octanol–water partition coefficient (Wildman–Crippen LogP) is 2.52. The molecule has 19 heavy (non-hydrogen) atoms. The molecule has 3 nitrogen and oxygen atoms in total. The number of nitrogens with zero attached hydrogens (tertiary/aromatic N) is 1. The highest BCUT2D eigenvalue weighted by molar-refractivity contribution is 5.83. The molecule has 1 fully saturated rings. The van der Waals surface area contributed by atoms with Crippen molar-refractivity contribution in [2.45, 2.75) is 44.6 Å². The lowest BCUT2D eigenvalue weighted by molar-refractivity contribution is -0.134. The molecule has 1 atom stereocenters. The van der Waals surface area contributed by atoms with Gasteiger partial charge in [0.15, 0.2) is 0 Å². The zero-order valence-corrected chi connectivity index (χ0v) is 11.7. The molecule has 1 aromatic carbocycles. The Kier molecular flexibility index (Phi) is 4.97. The SMILES string of the molecule is CCCC(C(=O)N1CCC(N)CC1)c1ccccc1. The van der Waals surface area contributed by atoms with Crippen molar-refractivity contribution in [3.63, 3.8) is 0 Å². The third-order valence-corrected chi connectivity index (χ3v) is 3.93. The van der Waals surface area contributed by atoms with Gasteiger partial charge in [-0.1, -0.05) is 43.7 Å². The molecular weight excluding hydrogens is 236 g/mol. The summed E-state index contributed by atoms with van der Waals surface area (Å²) in [5.74, 6) is 0.292. The fraction of sp³-hybridized carbons (Fsp3) is 0.562. The average molecular weight is 260 g/mol. The maximum absolute atomic E-state index is 12.7. The van der Waals surface area contributed by atoms with Crippen LogP contribution in [0.15, 0.2) is 30.3 Å². The van der Waals surface area contributed by atoms with Crippen molar-refractivity contribution < 1.29 is 4.79 Å². The number of hydrogen-bond donors (Lipinski definition) is 1. The second-order valence-electron chi connectivity index (χ2n) is 5.41. The summed E-state index contributed by atoms with van der Waals surface area (Å²) in [6.45, 7) is 3.76. The Morgan fingerprint density at radius 1 is 1.32 bits per heavy atom. The molecule has 1 aromatic rings. The summed E-state index contributed by atoms with van der Waals surface area (Å²) in [7, 11) is 0. The highest BCUT2D eigenvalue weighted by atomic mass is 16.2. The van der Waals surface area contributed by atoms with Gasteiger partial charge in [-0.25, -0.2) is 0 Å². The first-order valence-corrected chi connectivity index (χ1v) is 7.31. The fourth-order valence-electron chi connectivity index (χ4n) is 2.75. The molecule has 0 saturated carbocycles. The van der Waals surface area contributed by atoms with E-state index < -0.39 is 0 Å². The van der Waals surface area contributed by atoms with Crippen molar-refractivity contribution in [1.82, 2.24) is 4.90 Å². The van der Waals surface area contributed by atoms with E-state index >= 15 is 0 Å². The summed E-state index contributed by atoms with van der Waals surface area (Å²) in [6, 6.07) is 10.4. The zero-order valence-electron chi connectivity index (χ0n) is 11.7. The number of hydrogen-bond acceptors (Lipinski definition) is 2. The summed E-state index contributed by atoms with van der Waals surface area (Å²) < 4.78 is 0. The standard InChI is InChI=1S/C16H24N2O/c1-2-6-15(13-7-4-3-5-8-13)16(19)18-11-9-14(17)10-12-18/h3-5,7-8,14-15H,2,6,9-12,17H2,1H3. The number of amides is 1. The summed E-state index contributed by atoms with van der Waals surface area (Å²) in [5, 5.41) is 0. The van der Waals surface area contributed by atoms with Gasteiger partial charge in [0.05, 0.1) is 5.92 Å². The first kappa shape index (κ1) is 14.1. The van der Waals surface area contributed by atoms with Crippen molar-refractivity contribution in [3.05, 3.63) is 35.9 Å². The topological polar surface area (TPSA) is 46.3 Å². The molecule has 2 rings (SSSR count). The predicted molar refractivity (Wildman–Crippen MR) is 77.9 cm³/mol. The normalized spacial score (nSPS) is 18.3. The van der Waals surface area contributed by atoms with E-state index in [1.165, 1.54) is 0 Å². The number of carbonyl (C=O) groups excluding carboxylic acids is 1. The van der Waals surface area contributed by atoms with Crippen LogP contribution in [0.25, 0.3) is 0 Å². The fourth-order valence-corrected chi connectivity index (χ4v) is 2.75. The number of rotatable bonds is 4. The third-order valence-electron chi connectivity index (χ3n) is 3.93. The molecule has 3 heteroatoms. The maximum Gasteiger partial charge on any atom is 0.230 e. The Morgan fingerprint density at radius 3 is 2.53 bits per heavy atom. The van der Waals surface area contributed by atoms with Crippen LogP contribution in [0.2, 0.25) is 0 Å². The van der Waals surface area contributed by atoms with E-state index in [9.17, 15) is 4.79 Å². The van der Waals surface area contributed by atoms with Crippen LogP contribution >= 0.6 is 0 Å². The van der Waals surface area contributed by atoms with Crippen molar-refractivity contribution in [1.29, 1.82) is 0 Å². The first-order chi connectivity index (χ1) is 9.22. The van der Waals surface area contributed by atoms with Crippen molar-refractivity contribution in [3.8, 4) is 0 Å². The van der Waals surface area contributed by atoms with Crippen LogP contribution in [0.1, 0.15) is 44.1 Å². The highest BCUT2D eigenvalue weighted by Gasteiger charge is 2.27. The third kappa shape index (κ3) is 3.57. The van der Waals surface area contributed by atoms with Gasteiger partial charge in [-0.15, -0.1) is 0 Å². The summed E-state index contributed by atoms with van der Waals surface area (Å²) >= 11 is 0. The van der Waals surface area contributed by atoms with Crippen LogP contribution in [-0.4, -0.2) is 29.9 Å². The minimum atomic E-state index is 0.0144. The lowest BCUT2D eigenvalue weighted by atomic mass is 9.92. The molecule has 0 aromatic heterocycles. The van der Waals surface area contributed by atoms with Crippen molar-refractivity contribution in [2.75, 3.05) is 13.1 Å². The zero-order chi connectivity index (χ0) is 13.7. The highest BCUT2D eigenvalue weighted by Crippen LogP contribution is 2.25. The lowest BCUT2D eigenvalue weighted by Crippen LogP contribution is -2.44. The van der Waals surface area contributed by atoms with E-state index in [4.69, 9.17) is 5.73 Å². The molecule has 1 aliphatic rings. The molecular formula is C16H24N2O. The van der Waals surface area contributed by atoms with Crippen LogP contribution in [0.4, 0.5) is 0 Å². The minimum absolute atomic E-state index is 0.0144. The Morgan fingerprint density at radius 2 is 1.95 bits per heavy atom. The van der Waals surface area contributed by atoms with Gasteiger partial charge in [-0.05, 0) is 24.8 Å². The second kappa shape index (κ2) is 6.71. The maximum atomic E-state index is 12.7. The number of carbonyl (C=O) groups is 1. The van der Waals surface area contributed by atoms with Gasteiger partial charge < -0.3 is 10.6 Å². The molecule has 1 heterocycles. The summed E-state index contributed by atoms with van der Waals surface area (Å²) in [6.07, 6.45) is 3.81. The molecule has 1 aliphatic heterocycles. The molecule has 0 spiro atoms. The molecule has 104 valence electrons. The Balaban J connectivity index is 2.08. The van der Waals surface area contributed by atoms with E-state index in [1.54, 1.807) is 0 Å². The van der Waals surface area contributed by atoms with Gasteiger partial charge in [0.2, 0.25) is 5.91 Å². The first-order valence-electron chi connectivity index (χ1n) is 7.31. The smallest absolute Gasteiger partial charge is 0.230 e. The largest absolute Gasteiger partial charge is 0.342 e. The molecule has 0 aliphatic carbocycles. The molecule has 2 N–H and O–H groups in total. The molecule has 0 radical (unpaired) electrons. The monoisotopic (exact) mass is 260 g/mol. The molecule has 0 bridgehead atoms. The summed E-state index contributed by atoms with van der Waals surface area (Å²) in [4.78, 5) is 14.7. The van der Waals surface area contributed by atoms with Gasteiger partial charge in [0.1, 0.15) is 0 Å². The molecule has 1 amide bonds. The van der Waals surface area contributed by atoms with Gasteiger partial charge in [0, 0.05) is 19.1 Å². The van der Waals surface area contributed by atoms with Crippen LogP contribution in [-0.2, 0) is 4.79 Å². The molecule has 1 saturated heterocycles. The lowest BCUT2D eigenvalue weighted by Gasteiger charge is -2.33. The Labute approximate surface area is 115 Å². The Hall–Kier alpha value is -1.35. The van der Waals surface area contributed by atoms with Gasteiger partial charge in [-0.3, -0.25) is 4.79 Å². The summed E-state index contributed by atoms with van der Waals surface area (Å²) in [5.41, 5.74) is 7.05. The van der Waals surface area contributed by atoms with Crippen LogP contribution < -0.4 is 5.73 Å². The van der Waals surface area contributed by atoms with Gasteiger partial charge >= 0.3 is 0 Å². The van der Waals surface area contributed by atoms with E-state index in [-0.39, 0.29) is 17.9 Å². The van der Waals surface area contributed by atoms with Crippen molar-refractivity contribution in [2.24, 2.45) is 5.73 Å². The number of benzene rings is 1. The quantitative estimate of drug-likeness (QED) is 0.904. The van der Waals surface area contributed by atoms with E-state index in [1.807, 2.05) is 23.1 Å². The number of likely N-dealkylation sites (tertiary alicyclic amines) is 1. The van der Waals surface area contributed by atoms with E-state index in [0.29, 0.717) is 0 Å². The van der Waals surface area contributed by atoms with Gasteiger partial charge in [0.25, 0.3) is 0 Å². The average Bonchev–Trinajstić information content (AvgIpc) is 2.46. The minimum Gasteiger partial charge on any atom is -0.342 e.